The highest BCUT2D eigenvalue weighted by Crippen LogP contribution is 2.36. The van der Waals surface area contributed by atoms with Gasteiger partial charge in [0.1, 0.15) is 0 Å². The van der Waals surface area contributed by atoms with Crippen LogP contribution in [0.1, 0.15) is 49.1 Å². The molecule has 5 nitrogen and oxygen atoms in total. The molecule has 2 aliphatic rings. The number of nitriles is 1. The summed E-state index contributed by atoms with van der Waals surface area (Å²) in [6.07, 6.45) is 4.71. The third kappa shape index (κ3) is 4.92. The molecule has 0 saturated carbocycles. The molecular formula is C21H25N3O2S. The summed E-state index contributed by atoms with van der Waals surface area (Å²) in [7, 11) is 0. The number of hydrogen-bond acceptors (Lipinski definition) is 4. The molecule has 0 aromatic heterocycles. The molecule has 27 heavy (non-hydrogen) atoms. The highest BCUT2D eigenvalue weighted by atomic mass is 32.2. The molecule has 0 unspecified atom stereocenters. The Morgan fingerprint density at radius 3 is 2.52 bits per heavy atom. The summed E-state index contributed by atoms with van der Waals surface area (Å²) >= 11 is 1.28. The van der Waals surface area contributed by atoms with Gasteiger partial charge in [-0.25, -0.2) is 0 Å². The van der Waals surface area contributed by atoms with Crippen molar-refractivity contribution in [3.8, 4) is 6.07 Å². The number of amides is 2. The van der Waals surface area contributed by atoms with Crippen molar-refractivity contribution in [2.75, 3.05) is 18.8 Å². The average Bonchev–Trinajstić information content (AvgIpc) is 2.96. The van der Waals surface area contributed by atoms with E-state index in [1.807, 2.05) is 36.1 Å². The lowest BCUT2D eigenvalue weighted by atomic mass is 9.87. The number of carbonyl (C=O) groups excluding carboxylic acids is 2. The van der Waals surface area contributed by atoms with Crippen molar-refractivity contribution in [1.82, 2.24) is 10.2 Å². The lowest BCUT2D eigenvalue weighted by Crippen LogP contribution is -2.35. The van der Waals surface area contributed by atoms with Gasteiger partial charge >= 0.3 is 0 Å². The summed E-state index contributed by atoms with van der Waals surface area (Å²) in [6.45, 7) is 3.62. The highest BCUT2D eigenvalue weighted by Gasteiger charge is 2.30. The zero-order valence-electron chi connectivity index (χ0n) is 15.7. The monoisotopic (exact) mass is 383 g/mol. The Morgan fingerprint density at radius 1 is 1.22 bits per heavy atom. The number of nitrogens with one attached hydrogen (secondary N) is 1. The summed E-state index contributed by atoms with van der Waals surface area (Å²) in [5, 5.41) is 13.1. The van der Waals surface area contributed by atoms with Crippen molar-refractivity contribution in [3.63, 3.8) is 0 Å². The minimum Gasteiger partial charge on any atom is -0.342 e. The first-order valence-electron chi connectivity index (χ1n) is 9.49. The van der Waals surface area contributed by atoms with Crippen LogP contribution >= 0.6 is 11.8 Å². The number of likely N-dealkylation sites (tertiary alicyclic amines) is 1. The van der Waals surface area contributed by atoms with Gasteiger partial charge in [-0.3, -0.25) is 9.59 Å². The van der Waals surface area contributed by atoms with E-state index < -0.39 is 0 Å². The minimum atomic E-state index is -0.250. The van der Waals surface area contributed by atoms with Crippen molar-refractivity contribution in [3.05, 3.63) is 46.0 Å². The van der Waals surface area contributed by atoms with Gasteiger partial charge in [0, 0.05) is 25.4 Å². The zero-order valence-corrected chi connectivity index (χ0v) is 16.5. The van der Waals surface area contributed by atoms with Crippen molar-refractivity contribution < 1.29 is 9.59 Å². The Hall–Kier alpha value is -2.26. The largest absolute Gasteiger partial charge is 0.342 e. The molecule has 2 amide bonds. The Bertz CT molecular complexity index is 772. The van der Waals surface area contributed by atoms with E-state index >= 15 is 0 Å². The fraction of sp³-hybridized carbons (Fsp3) is 0.476. The van der Waals surface area contributed by atoms with E-state index in [2.05, 4.69) is 11.4 Å². The lowest BCUT2D eigenvalue weighted by molar-refractivity contribution is -0.128. The molecule has 142 valence electrons. The fourth-order valence-corrected chi connectivity index (χ4v) is 4.54. The summed E-state index contributed by atoms with van der Waals surface area (Å²) < 4.78 is 0. The van der Waals surface area contributed by atoms with Crippen molar-refractivity contribution in [1.29, 1.82) is 5.26 Å². The molecule has 1 atom stereocenters. The highest BCUT2D eigenvalue weighted by molar-refractivity contribution is 8.03. The van der Waals surface area contributed by atoms with Crippen LogP contribution in [0.15, 0.2) is 34.9 Å². The van der Waals surface area contributed by atoms with Gasteiger partial charge < -0.3 is 10.2 Å². The second-order valence-electron chi connectivity index (χ2n) is 7.15. The average molecular weight is 384 g/mol. The van der Waals surface area contributed by atoms with Crippen LogP contribution in [0.4, 0.5) is 0 Å². The maximum Gasteiger partial charge on any atom is 0.232 e. The number of allylic oxidation sites excluding steroid dienone is 1. The molecule has 1 saturated heterocycles. The SMILES string of the molecule is Cc1ccc([C@H]2CC(=O)NC(SCC(=O)N3CCCCCC3)=C2C#N)cc1. The van der Waals surface area contributed by atoms with Crippen LogP contribution in [0.5, 0.6) is 0 Å². The van der Waals surface area contributed by atoms with Crippen LogP contribution in [0.2, 0.25) is 0 Å². The lowest BCUT2D eigenvalue weighted by Gasteiger charge is -2.26. The molecule has 1 fully saturated rings. The maximum absolute atomic E-state index is 12.5. The third-order valence-electron chi connectivity index (χ3n) is 5.13. The number of benzene rings is 1. The van der Waals surface area contributed by atoms with E-state index in [0.717, 1.165) is 37.1 Å². The number of aryl methyl sites for hydroxylation is 1. The molecule has 0 spiro atoms. The molecule has 2 aliphatic heterocycles. The van der Waals surface area contributed by atoms with Crippen molar-refractivity contribution in [2.45, 2.75) is 44.9 Å². The minimum absolute atomic E-state index is 0.0819. The number of nitrogens with zero attached hydrogens (tertiary/aromatic N) is 2. The summed E-state index contributed by atoms with van der Waals surface area (Å²) in [4.78, 5) is 26.7. The van der Waals surface area contributed by atoms with Crippen LogP contribution in [0, 0.1) is 18.3 Å². The predicted octanol–water partition coefficient (Wildman–Crippen LogP) is 3.47. The van der Waals surface area contributed by atoms with Crippen LogP contribution in [-0.4, -0.2) is 35.6 Å². The third-order valence-corrected chi connectivity index (χ3v) is 6.14. The first kappa shape index (κ1) is 19.5. The molecule has 0 aliphatic carbocycles. The van der Waals surface area contributed by atoms with Crippen LogP contribution in [0.3, 0.4) is 0 Å². The quantitative estimate of drug-likeness (QED) is 0.864. The van der Waals surface area contributed by atoms with E-state index in [0.29, 0.717) is 10.6 Å². The van der Waals surface area contributed by atoms with Crippen molar-refractivity contribution >= 4 is 23.6 Å². The van der Waals surface area contributed by atoms with Crippen molar-refractivity contribution in [2.24, 2.45) is 0 Å². The molecule has 0 radical (unpaired) electrons. The molecule has 3 rings (SSSR count). The van der Waals surface area contributed by atoms with Gasteiger partial charge in [0.15, 0.2) is 0 Å². The molecule has 6 heteroatoms. The van der Waals surface area contributed by atoms with Crippen LogP contribution < -0.4 is 5.32 Å². The zero-order chi connectivity index (χ0) is 19.2. The van der Waals surface area contributed by atoms with Gasteiger partial charge in [-0.1, -0.05) is 54.4 Å². The normalized spacial score (nSPS) is 20.7. The number of carbonyl (C=O) groups is 2. The van der Waals surface area contributed by atoms with Gasteiger partial charge in [-0.05, 0) is 25.3 Å². The van der Waals surface area contributed by atoms with E-state index in [9.17, 15) is 14.9 Å². The fourth-order valence-electron chi connectivity index (χ4n) is 3.56. The summed E-state index contributed by atoms with van der Waals surface area (Å²) in [6, 6.07) is 10.2. The standard InChI is InChI=1S/C21H25N3O2S/c1-15-6-8-16(9-7-15)17-12-19(25)23-21(18(17)13-22)27-14-20(26)24-10-4-2-3-5-11-24/h6-9,17H,2-5,10-12,14H2,1H3,(H,23,25)/t17-/m1/s1. The van der Waals surface area contributed by atoms with E-state index in [1.165, 1.54) is 24.6 Å². The van der Waals surface area contributed by atoms with E-state index in [4.69, 9.17) is 0 Å². The van der Waals surface area contributed by atoms with Gasteiger partial charge in [0.2, 0.25) is 11.8 Å². The van der Waals surface area contributed by atoms with Gasteiger partial charge in [-0.2, -0.15) is 5.26 Å². The number of rotatable bonds is 4. The molecule has 2 heterocycles. The Morgan fingerprint density at radius 2 is 1.89 bits per heavy atom. The number of thioether (sulfide) groups is 1. The molecule has 1 aromatic carbocycles. The van der Waals surface area contributed by atoms with Gasteiger partial charge in [-0.15, -0.1) is 0 Å². The van der Waals surface area contributed by atoms with Crippen LogP contribution in [-0.2, 0) is 9.59 Å². The molecule has 1 aromatic rings. The second-order valence-corrected chi connectivity index (χ2v) is 8.14. The molecule has 1 N–H and O–H groups in total. The van der Waals surface area contributed by atoms with E-state index in [1.54, 1.807) is 0 Å². The predicted molar refractivity (Wildman–Crippen MR) is 107 cm³/mol. The first-order chi connectivity index (χ1) is 13.1. The molecule has 0 bridgehead atoms. The number of hydrogen-bond donors (Lipinski definition) is 1. The van der Waals surface area contributed by atoms with Gasteiger partial charge in [0.25, 0.3) is 0 Å². The first-order valence-corrected chi connectivity index (χ1v) is 10.5. The van der Waals surface area contributed by atoms with Gasteiger partial charge in [0.05, 0.1) is 22.4 Å². The Balaban J connectivity index is 1.75. The van der Waals surface area contributed by atoms with E-state index in [-0.39, 0.29) is 29.9 Å². The molecular weight excluding hydrogens is 358 g/mol. The van der Waals surface area contributed by atoms with Crippen LogP contribution in [0.25, 0.3) is 0 Å². The maximum atomic E-state index is 12.5. The Kier molecular flexibility index (Phi) is 6.57. The second kappa shape index (κ2) is 9.09. The summed E-state index contributed by atoms with van der Waals surface area (Å²) in [5.41, 5.74) is 2.65. The topological polar surface area (TPSA) is 73.2 Å². The smallest absolute Gasteiger partial charge is 0.232 e. The summed E-state index contributed by atoms with van der Waals surface area (Å²) in [5.74, 6) is -0.0238. The Labute approximate surface area is 164 Å².